The van der Waals surface area contributed by atoms with E-state index >= 15 is 0 Å². The molecule has 0 aliphatic heterocycles. The Morgan fingerprint density at radius 2 is 2.18 bits per heavy atom. The first-order valence-corrected chi connectivity index (χ1v) is 7.30. The van der Waals surface area contributed by atoms with Gasteiger partial charge in [-0.2, -0.15) is 0 Å². The number of nitrogens with two attached hydrogens (primary N) is 1. The molecule has 0 radical (unpaired) electrons. The van der Waals surface area contributed by atoms with Crippen LogP contribution in [0.5, 0.6) is 0 Å². The Kier molecular flexibility index (Phi) is 3.03. The van der Waals surface area contributed by atoms with Crippen molar-refractivity contribution in [3.05, 3.63) is 22.7 Å². The van der Waals surface area contributed by atoms with E-state index in [1.807, 2.05) is 12.1 Å². The van der Waals surface area contributed by atoms with Crippen LogP contribution in [0.4, 0.5) is 11.4 Å². The first-order valence-electron chi connectivity index (χ1n) is 6.51. The van der Waals surface area contributed by atoms with Crippen LogP contribution in [-0.4, -0.2) is 6.54 Å². The van der Waals surface area contributed by atoms with E-state index in [0.29, 0.717) is 0 Å². The standard InChI is InChI=1S/C14H19BrN2/c15-12-3-4-14(13(16)7-12)17-8-11-6-9-1-2-10(11)5-9/h3-4,7,9-11,17H,1-2,5-6,8,16H2. The van der Waals surface area contributed by atoms with Crippen LogP contribution >= 0.6 is 15.9 Å². The van der Waals surface area contributed by atoms with Crippen molar-refractivity contribution in [1.29, 1.82) is 0 Å². The minimum Gasteiger partial charge on any atom is -0.397 e. The van der Waals surface area contributed by atoms with Gasteiger partial charge in [-0.15, -0.1) is 0 Å². The average Bonchev–Trinajstić information content (AvgIpc) is 2.89. The number of nitrogens with one attached hydrogen (secondary N) is 1. The highest BCUT2D eigenvalue weighted by Gasteiger charge is 2.38. The molecule has 92 valence electrons. The second-order valence-electron chi connectivity index (χ2n) is 5.55. The molecule has 0 saturated heterocycles. The number of hydrogen-bond acceptors (Lipinski definition) is 2. The maximum atomic E-state index is 5.99. The minimum atomic E-state index is 0.836. The molecule has 0 amide bonds. The molecule has 2 nitrogen and oxygen atoms in total. The number of nitrogen functional groups attached to an aromatic ring is 1. The Balaban J connectivity index is 1.60. The summed E-state index contributed by atoms with van der Waals surface area (Å²) in [6, 6.07) is 6.06. The lowest BCUT2D eigenvalue weighted by Crippen LogP contribution is -2.20. The highest BCUT2D eigenvalue weighted by molar-refractivity contribution is 9.10. The van der Waals surface area contributed by atoms with E-state index in [1.165, 1.54) is 25.7 Å². The van der Waals surface area contributed by atoms with Crippen molar-refractivity contribution in [2.75, 3.05) is 17.6 Å². The Hall–Kier alpha value is -0.700. The monoisotopic (exact) mass is 294 g/mol. The summed E-state index contributed by atoms with van der Waals surface area (Å²) in [6.07, 6.45) is 5.82. The van der Waals surface area contributed by atoms with Gasteiger partial charge in [0.1, 0.15) is 0 Å². The van der Waals surface area contributed by atoms with Gasteiger partial charge in [0.05, 0.1) is 11.4 Å². The van der Waals surface area contributed by atoms with Crippen molar-refractivity contribution >= 4 is 27.3 Å². The van der Waals surface area contributed by atoms with E-state index in [2.05, 4.69) is 27.3 Å². The molecule has 3 unspecified atom stereocenters. The number of benzene rings is 1. The molecule has 3 N–H and O–H groups in total. The van der Waals surface area contributed by atoms with E-state index in [-0.39, 0.29) is 0 Å². The van der Waals surface area contributed by atoms with Gasteiger partial charge in [-0.3, -0.25) is 0 Å². The quantitative estimate of drug-likeness (QED) is 0.830. The zero-order chi connectivity index (χ0) is 11.8. The highest BCUT2D eigenvalue weighted by atomic mass is 79.9. The largest absolute Gasteiger partial charge is 0.397 e. The Morgan fingerprint density at radius 3 is 2.82 bits per heavy atom. The molecule has 2 aliphatic carbocycles. The lowest BCUT2D eigenvalue weighted by atomic mass is 9.89. The van der Waals surface area contributed by atoms with E-state index in [0.717, 1.165) is 40.1 Å². The van der Waals surface area contributed by atoms with Crippen LogP contribution in [0.3, 0.4) is 0 Å². The number of anilines is 2. The van der Waals surface area contributed by atoms with E-state index in [4.69, 9.17) is 5.73 Å². The molecule has 3 rings (SSSR count). The van der Waals surface area contributed by atoms with Gasteiger partial charge >= 0.3 is 0 Å². The molecule has 3 atom stereocenters. The molecule has 0 heterocycles. The molecule has 17 heavy (non-hydrogen) atoms. The van der Waals surface area contributed by atoms with Gasteiger partial charge in [-0.25, -0.2) is 0 Å². The number of rotatable bonds is 3. The summed E-state index contributed by atoms with van der Waals surface area (Å²) in [7, 11) is 0. The van der Waals surface area contributed by atoms with Crippen molar-refractivity contribution in [1.82, 2.24) is 0 Å². The Labute approximate surface area is 111 Å². The molecule has 1 aromatic rings. The second-order valence-corrected chi connectivity index (χ2v) is 6.46. The summed E-state index contributed by atoms with van der Waals surface area (Å²) in [5.41, 5.74) is 7.90. The second kappa shape index (κ2) is 4.52. The summed E-state index contributed by atoms with van der Waals surface area (Å²) in [5.74, 6) is 2.87. The normalized spacial score (nSPS) is 30.8. The number of halogens is 1. The topological polar surface area (TPSA) is 38.0 Å². The van der Waals surface area contributed by atoms with Gasteiger partial charge in [0, 0.05) is 11.0 Å². The van der Waals surface area contributed by atoms with Crippen LogP contribution in [0.15, 0.2) is 22.7 Å². The fourth-order valence-corrected chi connectivity index (χ4v) is 3.94. The van der Waals surface area contributed by atoms with Crippen molar-refractivity contribution in [3.8, 4) is 0 Å². The Morgan fingerprint density at radius 1 is 1.29 bits per heavy atom. The van der Waals surface area contributed by atoms with Crippen molar-refractivity contribution in [2.45, 2.75) is 25.7 Å². The van der Waals surface area contributed by atoms with Crippen LogP contribution in [0, 0.1) is 17.8 Å². The SMILES string of the molecule is Nc1cc(Br)ccc1NCC1CC2CCC1C2. The van der Waals surface area contributed by atoms with Crippen molar-refractivity contribution in [3.63, 3.8) is 0 Å². The van der Waals surface area contributed by atoms with E-state index in [1.54, 1.807) is 0 Å². The zero-order valence-electron chi connectivity index (χ0n) is 9.95. The lowest BCUT2D eigenvalue weighted by Gasteiger charge is -2.22. The zero-order valence-corrected chi connectivity index (χ0v) is 11.5. The minimum absolute atomic E-state index is 0.836. The van der Waals surface area contributed by atoms with Gasteiger partial charge in [0.25, 0.3) is 0 Å². The fourth-order valence-electron chi connectivity index (χ4n) is 3.56. The molecule has 0 spiro atoms. The first-order chi connectivity index (χ1) is 8.22. The number of hydrogen-bond donors (Lipinski definition) is 2. The summed E-state index contributed by atoms with van der Waals surface area (Å²) in [5, 5.41) is 3.52. The van der Waals surface area contributed by atoms with Gasteiger partial charge < -0.3 is 11.1 Å². The maximum Gasteiger partial charge on any atom is 0.0574 e. The molecule has 2 saturated carbocycles. The summed E-state index contributed by atoms with van der Waals surface area (Å²) >= 11 is 3.43. The van der Waals surface area contributed by atoms with Gasteiger partial charge in [-0.1, -0.05) is 22.4 Å². The smallest absolute Gasteiger partial charge is 0.0574 e. The van der Waals surface area contributed by atoms with E-state index in [9.17, 15) is 0 Å². The summed E-state index contributed by atoms with van der Waals surface area (Å²) in [4.78, 5) is 0. The van der Waals surface area contributed by atoms with Gasteiger partial charge in [0.2, 0.25) is 0 Å². The molecular weight excluding hydrogens is 276 g/mol. The number of fused-ring (bicyclic) bond motifs is 2. The fraction of sp³-hybridized carbons (Fsp3) is 0.571. The van der Waals surface area contributed by atoms with Crippen molar-refractivity contribution in [2.24, 2.45) is 17.8 Å². The van der Waals surface area contributed by atoms with Crippen LogP contribution < -0.4 is 11.1 Å². The first kappa shape index (κ1) is 11.4. The van der Waals surface area contributed by atoms with Crippen LogP contribution in [-0.2, 0) is 0 Å². The van der Waals surface area contributed by atoms with E-state index < -0.39 is 0 Å². The third-order valence-corrected chi connectivity index (χ3v) is 4.95. The molecule has 2 fully saturated rings. The van der Waals surface area contributed by atoms with Crippen molar-refractivity contribution < 1.29 is 0 Å². The van der Waals surface area contributed by atoms with Crippen LogP contribution in [0.25, 0.3) is 0 Å². The van der Waals surface area contributed by atoms with Crippen LogP contribution in [0.2, 0.25) is 0 Å². The molecule has 2 bridgehead atoms. The molecular formula is C14H19BrN2. The molecule has 3 heteroatoms. The molecule has 0 aromatic heterocycles. The molecule has 2 aliphatic rings. The lowest BCUT2D eigenvalue weighted by molar-refractivity contribution is 0.348. The third-order valence-electron chi connectivity index (χ3n) is 4.45. The predicted molar refractivity (Wildman–Crippen MR) is 76.0 cm³/mol. The molecule has 1 aromatic carbocycles. The van der Waals surface area contributed by atoms with Crippen LogP contribution in [0.1, 0.15) is 25.7 Å². The predicted octanol–water partition coefficient (Wildman–Crippen LogP) is 3.88. The highest BCUT2D eigenvalue weighted by Crippen LogP contribution is 2.48. The maximum absolute atomic E-state index is 5.99. The third kappa shape index (κ3) is 2.30. The average molecular weight is 295 g/mol. The Bertz CT molecular complexity index is 419. The summed E-state index contributed by atoms with van der Waals surface area (Å²) in [6.45, 7) is 1.09. The van der Waals surface area contributed by atoms with Gasteiger partial charge in [0.15, 0.2) is 0 Å². The van der Waals surface area contributed by atoms with Gasteiger partial charge in [-0.05, 0) is 55.2 Å². The summed E-state index contributed by atoms with van der Waals surface area (Å²) < 4.78 is 1.04.